The maximum absolute atomic E-state index is 12.3. The van der Waals surface area contributed by atoms with Crippen LogP contribution in [0.5, 0.6) is 5.75 Å². The standard InChI is InChI=1S/C11H10BrF5OS/c12-5-1-2-7-3-4-9(19-11(15,16)17)8(6-7)18-10(13)14/h3-4,6,10H,1-2,5H2. The zero-order valence-electron chi connectivity index (χ0n) is 9.52. The highest BCUT2D eigenvalue weighted by molar-refractivity contribution is 9.09. The van der Waals surface area contributed by atoms with E-state index in [-0.39, 0.29) is 4.90 Å². The Hall–Kier alpha value is -0.500. The molecule has 0 heterocycles. The summed E-state index contributed by atoms with van der Waals surface area (Å²) < 4.78 is 65.4. The molecule has 0 spiro atoms. The summed E-state index contributed by atoms with van der Waals surface area (Å²) >= 11 is 2.75. The third kappa shape index (κ3) is 6.47. The molecular formula is C11H10BrF5OS. The Morgan fingerprint density at radius 2 is 1.95 bits per heavy atom. The van der Waals surface area contributed by atoms with Gasteiger partial charge in [0.2, 0.25) is 0 Å². The van der Waals surface area contributed by atoms with Gasteiger partial charge in [-0.3, -0.25) is 0 Å². The number of rotatable bonds is 6. The third-order valence-corrected chi connectivity index (χ3v) is 3.40. The average molecular weight is 365 g/mol. The quantitative estimate of drug-likeness (QED) is 0.388. The van der Waals surface area contributed by atoms with Gasteiger partial charge in [0, 0.05) is 5.33 Å². The molecule has 19 heavy (non-hydrogen) atoms. The molecule has 0 amide bonds. The molecule has 0 N–H and O–H groups in total. The van der Waals surface area contributed by atoms with Crippen LogP contribution in [0.3, 0.4) is 0 Å². The largest absolute Gasteiger partial charge is 0.446 e. The van der Waals surface area contributed by atoms with Crippen LogP contribution in [-0.4, -0.2) is 17.4 Å². The molecule has 0 aliphatic heterocycles. The summed E-state index contributed by atoms with van der Waals surface area (Å²) in [6.07, 6.45) is 1.32. The van der Waals surface area contributed by atoms with Crippen molar-refractivity contribution >= 4 is 27.7 Å². The number of thioether (sulfide) groups is 1. The number of hydrogen-bond donors (Lipinski definition) is 0. The number of alkyl halides is 6. The molecule has 1 rings (SSSR count). The first-order valence-corrected chi connectivity index (χ1v) is 7.15. The number of hydrogen-bond acceptors (Lipinski definition) is 2. The fourth-order valence-electron chi connectivity index (χ4n) is 1.38. The van der Waals surface area contributed by atoms with E-state index < -0.39 is 29.6 Å². The first-order chi connectivity index (χ1) is 8.81. The summed E-state index contributed by atoms with van der Waals surface area (Å²) in [4.78, 5) is -0.365. The van der Waals surface area contributed by atoms with Crippen LogP contribution in [0.4, 0.5) is 22.0 Å². The van der Waals surface area contributed by atoms with E-state index in [0.29, 0.717) is 12.0 Å². The minimum Gasteiger partial charge on any atom is -0.434 e. The lowest BCUT2D eigenvalue weighted by Gasteiger charge is -2.13. The Kier molecular flexibility index (Phi) is 6.38. The topological polar surface area (TPSA) is 9.23 Å². The zero-order chi connectivity index (χ0) is 14.5. The Balaban J connectivity index is 2.95. The molecule has 0 atom stereocenters. The highest BCUT2D eigenvalue weighted by Crippen LogP contribution is 2.42. The molecular weight excluding hydrogens is 355 g/mol. The average Bonchev–Trinajstić information content (AvgIpc) is 2.27. The van der Waals surface area contributed by atoms with Crippen molar-refractivity contribution < 1.29 is 26.7 Å². The van der Waals surface area contributed by atoms with E-state index in [4.69, 9.17) is 0 Å². The Morgan fingerprint density at radius 1 is 1.26 bits per heavy atom. The maximum Gasteiger partial charge on any atom is 0.446 e. The maximum atomic E-state index is 12.3. The Morgan fingerprint density at radius 3 is 2.47 bits per heavy atom. The molecule has 0 unspecified atom stereocenters. The van der Waals surface area contributed by atoms with E-state index in [2.05, 4.69) is 20.7 Å². The molecule has 1 aromatic rings. The molecule has 0 saturated carbocycles. The second-order valence-electron chi connectivity index (χ2n) is 3.50. The smallest absolute Gasteiger partial charge is 0.434 e. The summed E-state index contributed by atoms with van der Waals surface area (Å²) in [5.41, 5.74) is -3.89. The predicted molar refractivity (Wildman–Crippen MR) is 67.1 cm³/mol. The van der Waals surface area contributed by atoms with Crippen molar-refractivity contribution in [3.63, 3.8) is 0 Å². The molecule has 0 aromatic heterocycles. The monoisotopic (exact) mass is 364 g/mol. The predicted octanol–water partition coefficient (Wildman–Crippen LogP) is 5.23. The number of aryl methyl sites for hydroxylation is 1. The highest BCUT2D eigenvalue weighted by Gasteiger charge is 2.31. The summed E-state index contributed by atoms with van der Waals surface area (Å²) in [5.74, 6) is -0.440. The van der Waals surface area contributed by atoms with E-state index in [1.165, 1.54) is 12.1 Å². The molecule has 0 aliphatic rings. The van der Waals surface area contributed by atoms with Crippen LogP contribution in [-0.2, 0) is 6.42 Å². The SMILES string of the molecule is FC(F)Oc1cc(CCCBr)ccc1SC(F)(F)F. The van der Waals surface area contributed by atoms with Gasteiger partial charge in [-0.1, -0.05) is 22.0 Å². The van der Waals surface area contributed by atoms with Gasteiger partial charge in [-0.05, 0) is 42.3 Å². The number of halogens is 6. The molecule has 0 bridgehead atoms. The van der Waals surface area contributed by atoms with Crippen molar-refractivity contribution in [1.29, 1.82) is 0 Å². The van der Waals surface area contributed by atoms with Crippen molar-refractivity contribution in [3.8, 4) is 5.75 Å². The van der Waals surface area contributed by atoms with Crippen molar-refractivity contribution in [3.05, 3.63) is 23.8 Å². The van der Waals surface area contributed by atoms with Gasteiger partial charge in [0.1, 0.15) is 5.75 Å². The van der Waals surface area contributed by atoms with Crippen LogP contribution in [0.15, 0.2) is 23.1 Å². The molecule has 8 heteroatoms. The van der Waals surface area contributed by atoms with Gasteiger partial charge in [0.15, 0.2) is 0 Å². The van der Waals surface area contributed by atoms with Crippen LogP contribution in [0, 0.1) is 0 Å². The molecule has 1 nitrogen and oxygen atoms in total. The lowest BCUT2D eigenvalue weighted by atomic mass is 10.1. The first kappa shape index (κ1) is 16.6. The van der Waals surface area contributed by atoms with Crippen LogP contribution in [0.1, 0.15) is 12.0 Å². The summed E-state index contributed by atoms with van der Waals surface area (Å²) in [5, 5.41) is 0.719. The van der Waals surface area contributed by atoms with Crippen LogP contribution < -0.4 is 4.74 Å². The van der Waals surface area contributed by atoms with Crippen LogP contribution >= 0.6 is 27.7 Å². The minimum atomic E-state index is -4.54. The second kappa shape index (κ2) is 7.33. The zero-order valence-corrected chi connectivity index (χ0v) is 11.9. The normalized spacial score (nSPS) is 11.9. The second-order valence-corrected chi connectivity index (χ2v) is 5.40. The molecule has 0 saturated heterocycles. The van der Waals surface area contributed by atoms with Crippen LogP contribution in [0.2, 0.25) is 0 Å². The third-order valence-electron chi connectivity index (χ3n) is 2.05. The molecule has 0 radical (unpaired) electrons. The molecule has 108 valence electrons. The van der Waals surface area contributed by atoms with Gasteiger partial charge in [-0.15, -0.1) is 0 Å². The van der Waals surface area contributed by atoms with Gasteiger partial charge < -0.3 is 4.74 Å². The Bertz CT molecular complexity index is 411. The number of benzene rings is 1. The molecule has 0 fully saturated rings. The van der Waals surface area contributed by atoms with Crippen LogP contribution in [0.25, 0.3) is 0 Å². The minimum absolute atomic E-state index is 0.365. The summed E-state index contributed by atoms with van der Waals surface area (Å²) in [6, 6.07) is 3.86. The van der Waals surface area contributed by atoms with Crippen molar-refractivity contribution in [2.45, 2.75) is 29.9 Å². The lowest BCUT2D eigenvalue weighted by Crippen LogP contribution is -2.06. The van der Waals surface area contributed by atoms with Gasteiger partial charge in [0.05, 0.1) is 4.90 Å². The van der Waals surface area contributed by atoms with Gasteiger partial charge >= 0.3 is 12.1 Å². The van der Waals surface area contributed by atoms with E-state index in [0.717, 1.165) is 17.8 Å². The first-order valence-electron chi connectivity index (χ1n) is 5.21. The summed E-state index contributed by atoms with van der Waals surface area (Å²) in [6.45, 7) is -3.15. The number of ether oxygens (including phenoxy) is 1. The Labute approximate surface area is 119 Å². The summed E-state index contributed by atoms with van der Waals surface area (Å²) in [7, 11) is 0. The molecule has 0 aliphatic carbocycles. The lowest BCUT2D eigenvalue weighted by molar-refractivity contribution is -0.0528. The fourth-order valence-corrected chi connectivity index (χ4v) is 2.25. The molecule has 1 aromatic carbocycles. The highest BCUT2D eigenvalue weighted by atomic mass is 79.9. The van der Waals surface area contributed by atoms with E-state index in [9.17, 15) is 22.0 Å². The van der Waals surface area contributed by atoms with Gasteiger partial charge in [-0.2, -0.15) is 22.0 Å². The van der Waals surface area contributed by atoms with Gasteiger partial charge in [-0.25, -0.2) is 0 Å². The van der Waals surface area contributed by atoms with Crippen molar-refractivity contribution in [2.75, 3.05) is 5.33 Å². The van der Waals surface area contributed by atoms with E-state index >= 15 is 0 Å². The van der Waals surface area contributed by atoms with E-state index in [1.807, 2.05) is 0 Å². The van der Waals surface area contributed by atoms with E-state index in [1.54, 1.807) is 0 Å². The fraction of sp³-hybridized carbons (Fsp3) is 0.455. The van der Waals surface area contributed by atoms with Crippen molar-refractivity contribution in [1.82, 2.24) is 0 Å². The van der Waals surface area contributed by atoms with Crippen molar-refractivity contribution in [2.24, 2.45) is 0 Å². The van der Waals surface area contributed by atoms with Gasteiger partial charge in [0.25, 0.3) is 0 Å².